The van der Waals surface area contributed by atoms with Crippen molar-refractivity contribution in [2.24, 2.45) is 5.10 Å². The van der Waals surface area contributed by atoms with Crippen LogP contribution in [0.1, 0.15) is 16.1 Å². The summed E-state index contributed by atoms with van der Waals surface area (Å²) in [5.74, 6) is -0.346. The minimum Gasteiger partial charge on any atom is -0.378 e. The van der Waals surface area contributed by atoms with E-state index in [0.29, 0.717) is 11.4 Å². The van der Waals surface area contributed by atoms with Gasteiger partial charge in [-0.1, -0.05) is 66.7 Å². The van der Waals surface area contributed by atoms with E-state index < -0.39 is 0 Å². The maximum Gasteiger partial charge on any atom is 0.289 e. The molecule has 0 radical (unpaired) electrons. The number of hydrazone groups is 1. The molecule has 1 heterocycles. The zero-order valence-corrected chi connectivity index (χ0v) is 17.4. The summed E-state index contributed by atoms with van der Waals surface area (Å²) in [6, 6.07) is 27.9. The second kappa shape index (κ2) is 9.09. The lowest BCUT2D eigenvalue weighted by molar-refractivity contribution is 0.0950. The Hall–Kier alpha value is -4.19. The molecule has 2 N–H and O–H groups in total. The molecule has 0 aliphatic carbocycles. The number of amides is 1. The van der Waals surface area contributed by atoms with Gasteiger partial charge in [-0.2, -0.15) is 10.2 Å². The predicted octanol–water partition coefficient (Wildman–Crippen LogP) is 4.57. The molecule has 31 heavy (non-hydrogen) atoms. The summed E-state index contributed by atoms with van der Waals surface area (Å²) in [6.07, 6.45) is 1.61. The molecule has 0 saturated carbocycles. The summed E-state index contributed by atoms with van der Waals surface area (Å²) in [5, 5.41) is 11.1. The van der Waals surface area contributed by atoms with Gasteiger partial charge in [0.05, 0.1) is 11.9 Å². The molecule has 0 saturated heterocycles. The first-order chi connectivity index (χ1) is 15.1. The molecule has 4 aromatic rings. The van der Waals surface area contributed by atoms with Gasteiger partial charge in [0.2, 0.25) is 0 Å². The van der Waals surface area contributed by atoms with Crippen LogP contribution in [0.15, 0.2) is 90.0 Å². The number of rotatable bonds is 6. The van der Waals surface area contributed by atoms with Crippen LogP contribution in [-0.2, 0) is 0 Å². The van der Waals surface area contributed by atoms with Crippen molar-refractivity contribution in [1.29, 1.82) is 0 Å². The smallest absolute Gasteiger partial charge is 0.289 e. The summed E-state index contributed by atoms with van der Waals surface area (Å²) < 4.78 is 0. The number of H-pyrrole nitrogens is 1. The molecule has 1 amide bonds. The van der Waals surface area contributed by atoms with Crippen molar-refractivity contribution in [2.45, 2.75) is 0 Å². The molecule has 0 unspecified atom stereocenters. The molecule has 0 aliphatic heterocycles. The van der Waals surface area contributed by atoms with Gasteiger partial charge in [0.25, 0.3) is 5.91 Å². The van der Waals surface area contributed by atoms with Crippen LogP contribution < -0.4 is 10.3 Å². The van der Waals surface area contributed by atoms with Crippen molar-refractivity contribution in [3.63, 3.8) is 0 Å². The highest BCUT2D eigenvalue weighted by molar-refractivity contribution is 5.94. The molecule has 6 nitrogen and oxygen atoms in total. The number of hydrogen-bond acceptors (Lipinski definition) is 4. The summed E-state index contributed by atoms with van der Waals surface area (Å²) in [7, 11) is 3.97. The summed E-state index contributed by atoms with van der Waals surface area (Å²) in [6.45, 7) is 0. The van der Waals surface area contributed by atoms with E-state index in [1.54, 1.807) is 12.3 Å². The van der Waals surface area contributed by atoms with E-state index in [9.17, 15) is 4.79 Å². The molecule has 154 valence electrons. The quantitative estimate of drug-likeness (QED) is 0.362. The Morgan fingerprint density at radius 3 is 2.23 bits per heavy atom. The van der Waals surface area contributed by atoms with E-state index in [1.807, 2.05) is 85.7 Å². The predicted molar refractivity (Wildman–Crippen MR) is 125 cm³/mol. The van der Waals surface area contributed by atoms with Gasteiger partial charge in [-0.05, 0) is 34.9 Å². The van der Waals surface area contributed by atoms with E-state index >= 15 is 0 Å². The van der Waals surface area contributed by atoms with Crippen LogP contribution in [0, 0.1) is 0 Å². The normalized spacial score (nSPS) is 10.9. The third-order valence-electron chi connectivity index (χ3n) is 4.90. The summed E-state index contributed by atoms with van der Waals surface area (Å²) in [5.41, 5.74) is 8.80. The third kappa shape index (κ3) is 4.87. The molecule has 0 aliphatic rings. The Morgan fingerprint density at radius 1 is 0.903 bits per heavy atom. The number of aromatic amines is 1. The molecule has 1 aromatic heterocycles. The standard InChI is InChI=1S/C25H23N5O/c1-30(2)22-14-8-18(9-15-22)17-26-29-25(31)24-16-23(27-28-24)21-12-10-20(11-13-21)19-6-4-3-5-7-19/h3-17H,1-2H3,(H,27,28)(H,29,31)/b26-17+. The molecule has 0 bridgehead atoms. The van der Waals surface area contributed by atoms with Crippen molar-refractivity contribution in [1.82, 2.24) is 15.6 Å². The van der Waals surface area contributed by atoms with Gasteiger partial charge >= 0.3 is 0 Å². The lowest BCUT2D eigenvalue weighted by Crippen LogP contribution is -2.18. The molecule has 0 spiro atoms. The molecule has 3 aromatic carbocycles. The maximum absolute atomic E-state index is 12.4. The van der Waals surface area contributed by atoms with Gasteiger partial charge < -0.3 is 4.90 Å². The van der Waals surface area contributed by atoms with Crippen molar-refractivity contribution >= 4 is 17.8 Å². The Balaban J connectivity index is 1.39. The number of nitrogens with zero attached hydrogens (tertiary/aromatic N) is 3. The number of carbonyl (C=O) groups excluding carboxylic acids is 1. The van der Waals surface area contributed by atoms with Gasteiger partial charge in [0.15, 0.2) is 0 Å². The molecular weight excluding hydrogens is 386 g/mol. The number of nitrogens with one attached hydrogen (secondary N) is 2. The first kappa shape index (κ1) is 20.1. The highest BCUT2D eigenvalue weighted by atomic mass is 16.2. The fourth-order valence-electron chi connectivity index (χ4n) is 3.13. The summed E-state index contributed by atoms with van der Waals surface area (Å²) >= 11 is 0. The van der Waals surface area contributed by atoms with Crippen LogP contribution in [0.4, 0.5) is 5.69 Å². The average Bonchev–Trinajstić information content (AvgIpc) is 3.31. The molecule has 0 fully saturated rings. The van der Waals surface area contributed by atoms with E-state index in [0.717, 1.165) is 27.9 Å². The van der Waals surface area contributed by atoms with Crippen molar-refractivity contribution in [3.05, 3.63) is 96.2 Å². The highest BCUT2D eigenvalue weighted by Crippen LogP contribution is 2.24. The minimum atomic E-state index is -0.346. The molecule has 4 rings (SSSR count). The van der Waals surface area contributed by atoms with Crippen LogP contribution in [0.2, 0.25) is 0 Å². The van der Waals surface area contributed by atoms with Crippen LogP contribution in [-0.4, -0.2) is 36.4 Å². The molecule has 0 atom stereocenters. The van der Waals surface area contributed by atoms with Crippen LogP contribution in [0.25, 0.3) is 22.4 Å². The Labute approximate surface area is 181 Å². The fourth-order valence-corrected chi connectivity index (χ4v) is 3.13. The second-order valence-electron chi connectivity index (χ2n) is 7.30. The maximum atomic E-state index is 12.4. The van der Waals surface area contributed by atoms with Crippen LogP contribution >= 0.6 is 0 Å². The van der Waals surface area contributed by atoms with Crippen LogP contribution in [0.3, 0.4) is 0 Å². The topological polar surface area (TPSA) is 73.4 Å². The van der Waals surface area contributed by atoms with E-state index in [1.165, 1.54) is 0 Å². The van der Waals surface area contributed by atoms with Gasteiger partial charge in [-0.15, -0.1) is 0 Å². The zero-order chi connectivity index (χ0) is 21.6. The number of benzene rings is 3. The van der Waals surface area contributed by atoms with Crippen molar-refractivity contribution in [3.8, 4) is 22.4 Å². The average molecular weight is 409 g/mol. The minimum absolute atomic E-state index is 0.346. The van der Waals surface area contributed by atoms with E-state index in [4.69, 9.17) is 0 Å². The van der Waals surface area contributed by atoms with Gasteiger partial charge in [0, 0.05) is 25.3 Å². The lowest BCUT2D eigenvalue weighted by Gasteiger charge is -2.11. The summed E-state index contributed by atoms with van der Waals surface area (Å²) in [4.78, 5) is 14.4. The monoisotopic (exact) mass is 409 g/mol. The fraction of sp³-hybridized carbons (Fsp3) is 0.0800. The second-order valence-corrected chi connectivity index (χ2v) is 7.30. The lowest BCUT2D eigenvalue weighted by atomic mass is 10.0. The first-order valence-electron chi connectivity index (χ1n) is 9.92. The molecule has 6 heteroatoms. The highest BCUT2D eigenvalue weighted by Gasteiger charge is 2.10. The van der Waals surface area contributed by atoms with Gasteiger partial charge in [-0.3, -0.25) is 9.89 Å². The molecular formula is C25H23N5O. The van der Waals surface area contributed by atoms with Gasteiger partial charge in [0.1, 0.15) is 5.69 Å². The SMILES string of the molecule is CN(C)c1ccc(/C=N/NC(=O)c2cc(-c3ccc(-c4ccccc4)cc3)n[nH]2)cc1. The first-order valence-corrected chi connectivity index (χ1v) is 9.92. The Morgan fingerprint density at radius 2 is 1.55 bits per heavy atom. The van der Waals surface area contributed by atoms with Crippen molar-refractivity contribution < 1.29 is 4.79 Å². The van der Waals surface area contributed by atoms with E-state index in [2.05, 4.69) is 32.9 Å². The number of hydrogen-bond donors (Lipinski definition) is 2. The van der Waals surface area contributed by atoms with Crippen LogP contribution in [0.5, 0.6) is 0 Å². The number of aromatic nitrogens is 2. The number of anilines is 1. The largest absolute Gasteiger partial charge is 0.378 e. The zero-order valence-electron chi connectivity index (χ0n) is 17.4. The van der Waals surface area contributed by atoms with Crippen molar-refractivity contribution in [2.75, 3.05) is 19.0 Å². The van der Waals surface area contributed by atoms with Gasteiger partial charge in [-0.25, -0.2) is 5.43 Å². The Kier molecular flexibility index (Phi) is 5.89. The Bertz CT molecular complexity index is 1180. The number of carbonyl (C=O) groups is 1. The van der Waals surface area contributed by atoms with E-state index in [-0.39, 0.29) is 5.91 Å². The third-order valence-corrected chi connectivity index (χ3v) is 4.90.